The number of fused-ring (bicyclic) bond motifs is 1. The van der Waals surface area contributed by atoms with Crippen molar-refractivity contribution in [1.29, 1.82) is 0 Å². The normalized spacial score (nSPS) is 10.9. The lowest BCUT2D eigenvalue weighted by atomic mass is 10.2. The number of nitrogens with zero attached hydrogens (tertiary/aromatic N) is 2. The van der Waals surface area contributed by atoms with Gasteiger partial charge in [0.05, 0.1) is 17.4 Å². The van der Waals surface area contributed by atoms with Crippen LogP contribution in [0, 0.1) is 0 Å². The van der Waals surface area contributed by atoms with Crippen molar-refractivity contribution in [3.63, 3.8) is 0 Å². The topological polar surface area (TPSA) is 38.9 Å². The molecule has 0 fully saturated rings. The smallest absolute Gasteiger partial charge is 0.155 e. The van der Waals surface area contributed by atoms with Crippen molar-refractivity contribution in [2.24, 2.45) is 0 Å². The monoisotopic (exact) mass is 264 g/mol. The second-order valence-corrected chi connectivity index (χ2v) is 4.29. The maximum Gasteiger partial charge on any atom is 0.155 e. The molecule has 0 unspecified atom stereocenters. The van der Waals surface area contributed by atoms with E-state index in [0.717, 1.165) is 5.39 Å². The minimum absolute atomic E-state index is 0.328. The van der Waals surface area contributed by atoms with Crippen LogP contribution < -0.4 is 0 Å². The fourth-order valence-electron chi connectivity index (χ4n) is 1.61. The molecule has 0 N–H and O–H groups in total. The van der Waals surface area contributed by atoms with Crippen molar-refractivity contribution in [1.82, 2.24) is 9.97 Å². The third kappa shape index (κ3) is 1.88. The number of hydrogen-bond donors (Lipinski definition) is 0. The average Bonchev–Trinajstić information content (AvgIpc) is 2.74. The molecule has 1 aromatic carbocycles. The van der Waals surface area contributed by atoms with Crippen LogP contribution in [0.2, 0.25) is 10.2 Å². The Morgan fingerprint density at radius 3 is 2.76 bits per heavy atom. The highest BCUT2D eigenvalue weighted by Gasteiger charge is 2.10. The lowest BCUT2D eigenvalue weighted by molar-refractivity contribution is 0.628. The van der Waals surface area contributed by atoms with Crippen molar-refractivity contribution < 1.29 is 4.42 Å². The Kier molecular flexibility index (Phi) is 2.50. The molecule has 84 valence electrons. The van der Waals surface area contributed by atoms with Gasteiger partial charge in [-0.05, 0) is 12.1 Å². The van der Waals surface area contributed by atoms with Gasteiger partial charge < -0.3 is 4.42 Å². The molecule has 0 aliphatic rings. The van der Waals surface area contributed by atoms with Crippen LogP contribution in [0.3, 0.4) is 0 Å². The van der Waals surface area contributed by atoms with Crippen LogP contribution in [0.4, 0.5) is 0 Å². The van der Waals surface area contributed by atoms with Crippen molar-refractivity contribution in [3.05, 3.63) is 46.8 Å². The van der Waals surface area contributed by atoms with Gasteiger partial charge in [0.2, 0.25) is 0 Å². The largest absolute Gasteiger partial charge is 0.453 e. The lowest BCUT2D eigenvalue weighted by Crippen LogP contribution is -1.83. The first kappa shape index (κ1) is 10.6. The van der Waals surface area contributed by atoms with Gasteiger partial charge >= 0.3 is 0 Å². The number of aromatic nitrogens is 2. The van der Waals surface area contributed by atoms with E-state index in [0.29, 0.717) is 27.2 Å². The Hall–Kier alpha value is -1.58. The summed E-state index contributed by atoms with van der Waals surface area (Å²) in [6.45, 7) is 0. The summed E-state index contributed by atoms with van der Waals surface area (Å²) in [5.41, 5.74) is 1.23. The summed E-state index contributed by atoms with van der Waals surface area (Å²) in [7, 11) is 0. The average molecular weight is 265 g/mol. The SMILES string of the molecule is Clc1cncc(-c2cc3cccc(Cl)c3o2)n1. The van der Waals surface area contributed by atoms with E-state index in [-0.39, 0.29) is 0 Å². The molecule has 2 heterocycles. The van der Waals surface area contributed by atoms with Crippen LogP contribution in [-0.4, -0.2) is 9.97 Å². The summed E-state index contributed by atoms with van der Waals surface area (Å²) in [5.74, 6) is 0.600. The fraction of sp³-hybridized carbons (Fsp3) is 0. The molecular formula is C12H6Cl2N2O. The van der Waals surface area contributed by atoms with Crippen molar-refractivity contribution in [2.75, 3.05) is 0 Å². The van der Waals surface area contributed by atoms with Gasteiger partial charge in [-0.1, -0.05) is 35.3 Å². The van der Waals surface area contributed by atoms with Gasteiger partial charge in [0.25, 0.3) is 0 Å². The number of halogens is 2. The first-order chi connectivity index (χ1) is 8.24. The number of furan rings is 1. The number of hydrogen-bond acceptors (Lipinski definition) is 3. The predicted molar refractivity (Wildman–Crippen MR) is 67.3 cm³/mol. The molecule has 0 saturated carbocycles. The highest BCUT2D eigenvalue weighted by molar-refractivity contribution is 6.34. The zero-order chi connectivity index (χ0) is 11.8. The molecule has 3 rings (SSSR count). The maximum atomic E-state index is 6.03. The van der Waals surface area contributed by atoms with Gasteiger partial charge in [-0.3, -0.25) is 4.98 Å². The molecule has 0 radical (unpaired) electrons. The van der Waals surface area contributed by atoms with E-state index < -0.39 is 0 Å². The fourth-order valence-corrected chi connectivity index (χ4v) is 1.98. The Balaban J connectivity index is 2.22. The molecule has 0 atom stereocenters. The van der Waals surface area contributed by atoms with E-state index in [2.05, 4.69) is 9.97 Å². The zero-order valence-electron chi connectivity index (χ0n) is 8.52. The first-order valence-corrected chi connectivity index (χ1v) is 5.65. The highest BCUT2D eigenvalue weighted by Crippen LogP contribution is 2.31. The van der Waals surface area contributed by atoms with Gasteiger partial charge in [-0.2, -0.15) is 0 Å². The van der Waals surface area contributed by atoms with Crippen molar-refractivity contribution >= 4 is 34.2 Å². The van der Waals surface area contributed by atoms with Crippen molar-refractivity contribution in [3.8, 4) is 11.5 Å². The van der Waals surface area contributed by atoms with E-state index in [1.165, 1.54) is 6.20 Å². The molecule has 3 aromatic rings. The first-order valence-electron chi connectivity index (χ1n) is 4.90. The Morgan fingerprint density at radius 1 is 1.12 bits per heavy atom. The van der Waals surface area contributed by atoms with E-state index >= 15 is 0 Å². The highest BCUT2D eigenvalue weighted by atomic mass is 35.5. The maximum absolute atomic E-state index is 6.03. The van der Waals surface area contributed by atoms with Crippen LogP contribution >= 0.6 is 23.2 Å². The minimum atomic E-state index is 0.328. The third-order valence-electron chi connectivity index (χ3n) is 2.35. The number of para-hydroxylation sites is 1. The number of benzene rings is 1. The summed E-state index contributed by atoms with van der Waals surface area (Å²) in [6.07, 6.45) is 3.07. The van der Waals surface area contributed by atoms with E-state index in [1.807, 2.05) is 18.2 Å². The quantitative estimate of drug-likeness (QED) is 0.662. The second-order valence-electron chi connectivity index (χ2n) is 3.50. The Bertz CT molecular complexity index is 694. The summed E-state index contributed by atoms with van der Waals surface area (Å²) >= 11 is 11.8. The van der Waals surface area contributed by atoms with Gasteiger partial charge in [-0.25, -0.2) is 4.98 Å². The molecule has 0 saturated heterocycles. The molecule has 0 spiro atoms. The number of rotatable bonds is 1. The van der Waals surface area contributed by atoms with Crippen LogP contribution in [0.25, 0.3) is 22.4 Å². The van der Waals surface area contributed by atoms with Crippen LogP contribution in [0.1, 0.15) is 0 Å². The lowest BCUT2D eigenvalue weighted by Gasteiger charge is -1.94. The van der Waals surface area contributed by atoms with Gasteiger partial charge in [-0.15, -0.1) is 0 Å². The van der Waals surface area contributed by atoms with E-state index in [1.54, 1.807) is 12.3 Å². The summed E-state index contributed by atoms with van der Waals surface area (Å²) < 4.78 is 5.65. The summed E-state index contributed by atoms with van der Waals surface area (Å²) in [6, 6.07) is 7.43. The summed E-state index contributed by atoms with van der Waals surface area (Å²) in [4.78, 5) is 8.10. The predicted octanol–water partition coefficient (Wildman–Crippen LogP) is 4.20. The molecular weight excluding hydrogens is 259 g/mol. The molecule has 0 bridgehead atoms. The molecule has 3 nitrogen and oxygen atoms in total. The van der Waals surface area contributed by atoms with E-state index in [4.69, 9.17) is 27.6 Å². The van der Waals surface area contributed by atoms with Gasteiger partial charge in [0.1, 0.15) is 10.8 Å². The van der Waals surface area contributed by atoms with Crippen LogP contribution in [-0.2, 0) is 0 Å². The molecule has 0 amide bonds. The van der Waals surface area contributed by atoms with Crippen LogP contribution in [0.5, 0.6) is 0 Å². The molecule has 2 aromatic heterocycles. The molecule has 5 heteroatoms. The zero-order valence-corrected chi connectivity index (χ0v) is 10.0. The minimum Gasteiger partial charge on any atom is -0.453 e. The molecule has 0 aliphatic heterocycles. The Labute approximate surface area is 107 Å². The summed E-state index contributed by atoms with van der Waals surface area (Å²) in [5, 5.41) is 1.83. The molecule has 17 heavy (non-hydrogen) atoms. The Morgan fingerprint density at radius 2 is 2.00 bits per heavy atom. The van der Waals surface area contributed by atoms with E-state index in [9.17, 15) is 0 Å². The van der Waals surface area contributed by atoms with Gasteiger partial charge in [0.15, 0.2) is 11.3 Å². The molecule has 0 aliphatic carbocycles. The van der Waals surface area contributed by atoms with Gasteiger partial charge in [0, 0.05) is 5.39 Å². The standard InChI is InChI=1S/C12H6Cl2N2O/c13-8-3-1-2-7-4-10(17-12(7)8)9-5-15-6-11(14)16-9/h1-6H. The van der Waals surface area contributed by atoms with Crippen LogP contribution in [0.15, 0.2) is 41.1 Å². The second kappa shape index (κ2) is 4.02. The third-order valence-corrected chi connectivity index (χ3v) is 2.83. The van der Waals surface area contributed by atoms with Crippen molar-refractivity contribution in [2.45, 2.75) is 0 Å².